The summed E-state index contributed by atoms with van der Waals surface area (Å²) >= 11 is 5.45. The van der Waals surface area contributed by atoms with Gasteiger partial charge in [-0.15, -0.1) is 0 Å². The van der Waals surface area contributed by atoms with E-state index in [2.05, 4.69) is 0 Å². The summed E-state index contributed by atoms with van der Waals surface area (Å²) in [6, 6.07) is 3.34. The number of hydrogen-bond donors (Lipinski definition) is 1. The first kappa shape index (κ1) is 11.3. The summed E-state index contributed by atoms with van der Waals surface area (Å²) in [5, 5.41) is 8.07. The van der Waals surface area contributed by atoms with Gasteiger partial charge in [-0.2, -0.15) is 0 Å². The zero-order valence-corrected chi connectivity index (χ0v) is 7.86. The van der Waals surface area contributed by atoms with Crippen molar-refractivity contribution >= 4 is 11.6 Å². The molecule has 0 spiro atoms. The summed E-state index contributed by atoms with van der Waals surface area (Å²) in [4.78, 5) is 0. The van der Waals surface area contributed by atoms with Crippen LogP contribution in [0, 0.1) is 5.82 Å². The number of rotatable bonds is 3. The number of aliphatic hydroxyl groups excluding tert-OH is 1. The average molecular weight is 225 g/mol. The molecule has 0 unspecified atom stereocenters. The molecule has 0 bridgehead atoms. The Hall–Kier alpha value is -0.740. The molecule has 0 saturated carbocycles. The lowest BCUT2D eigenvalue weighted by atomic mass is 10.1. The molecular formula is C9H8ClF3O. The number of aliphatic hydroxyl groups is 1. The van der Waals surface area contributed by atoms with Gasteiger partial charge in [0, 0.05) is 13.0 Å². The zero-order chi connectivity index (χ0) is 10.8. The van der Waals surface area contributed by atoms with E-state index in [4.69, 9.17) is 16.7 Å². The largest absolute Gasteiger partial charge is 0.396 e. The second kappa shape index (κ2) is 4.19. The fourth-order valence-electron chi connectivity index (χ4n) is 1.11. The van der Waals surface area contributed by atoms with Gasteiger partial charge < -0.3 is 5.11 Å². The lowest BCUT2D eigenvalue weighted by Crippen LogP contribution is -2.17. The number of hydrogen-bond acceptors (Lipinski definition) is 1. The van der Waals surface area contributed by atoms with E-state index in [1.165, 1.54) is 12.1 Å². The highest BCUT2D eigenvalue weighted by Crippen LogP contribution is 2.37. The van der Waals surface area contributed by atoms with Crippen LogP contribution >= 0.6 is 11.6 Å². The first-order valence-corrected chi connectivity index (χ1v) is 4.30. The van der Waals surface area contributed by atoms with Crippen molar-refractivity contribution in [3.63, 3.8) is 0 Å². The van der Waals surface area contributed by atoms with Crippen molar-refractivity contribution < 1.29 is 18.3 Å². The fourth-order valence-corrected chi connectivity index (χ4v) is 1.41. The van der Waals surface area contributed by atoms with Crippen molar-refractivity contribution in [1.82, 2.24) is 0 Å². The third-order valence-electron chi connectivity index (χ3n) is 1.75. The summed E-state index contributed by atoms with van der Waals surface area (Å²) < 4.78 is 39.4. The van der Waals surface area contributed by atoms with Crippen LogP contribution in [0.15, 0.2) is 18.2 Å². The van der Waals surface area contributed by atoms with E-state index in [1.54, 1.807) is 0 Å². The SMILES string of the molecule is OCCC(F)(F)c1c(F)cccc1Cl. The molecule has 1 N–H and O–H groups in total. The van der Waals surface area contributed by atoms with E-state index >= 15 is 0 Å². The van der Waals surface area contributed by atoms with Gasteiger partial charge in [-0.25, -0.2) is 13.2 Å². The molecule has 14 heavy (non-hydrogen) atoms. The van der Waals surface area contributed by atoms with Crippen molar-refractivity contribution in [2.24, 2.45) is 0 Å². The minimum absolute atomic E-state index is 0.330. The lowest BCUT2D eigenvalue weighted by Gasteiger charge is -2.17. The second-order valence-corrected chi connectivity index (χ2v) is 3.18. The molecule has 0 radical (unpaired) electrons. The molecule has 1 rings (SSSR count). The smallest absolute Gasteiger partial charge is 0.279 e. The van der Waals surface area contributed by atoms with Crippen LogP contribution in [0.1, 0.15) is 12.0 Å². The zero-order valence-electron chi connectivity index (χ0n) is 7.11. The number of alkyl halides is 2. The minimum atomic E-state index is -3.43. The molecule has 1 aromatic rings. The standard InChI is InChI=1S/C9H8ClF3O/c10-6-2-1-3-7(11)8(6)9(12,13)4-5-14/h1-3,14H,4-5H2. The van der Waals surface area contributed by atoms with Crippen molar-refractivity contribution in [1.29, 1.82) is 0 Å². The van der Waals surface area contributed by atoms with Crippen LogP contribution in [-0.4, -0.2) is 11.7 Å². The lowest BCUT2D eigenvalue weighted by molar-refractivity contribution is -0.0298. The van der Waals surface area contributed by atoms with Crippen LogP contribution in [0.5, 0.6) is 0 Å². The van der Waals surface area contributed by atoms with Crippen LogP contribution in [-0.2, 0) is 5.92 Å². The Morgan fingerprint density at radius 2 is 2.00 bits per heavy atom. The Balaban J connectivity index is 3.17. The second-order valence-electron chi connectivity index (χ2n) is 2.77. The van der Waals surface area contributed by atoms with Crippen molar-refractivity contribution in [2.75, 3.05) is 6.61 Å². The summed E-state index contributed by atoms with van der Waals surface area (Å²) in [5.41, 5.74) is -0.851. The molecule has 0 heterocycles. The summed E-state index contributed by atoms with van der Waals surface area (Å²) in [7, 11) is 0. The predicted octanol–water partition coefficient (Wildman–Crippen LogP) is 2.95. The maximum atomic E-state index is 13.2. The average Bonchev–Trinajstić information content (AvgIpc) is 2.02. The van der Waals surface area contributed by atoms with Gasteiger partial charge in [0.05, 0.1) is 10.6 Å². The van der Waals surface area contributed by atoms with Gasteiger partial charge in [0.25, 0.3) is 5.92 Å². The van der Waals surface area contributed by atoms with Gasteiger partial charge in [0.1, 0.15) is 5.82 Å². The monoisotopic (exact) mass is 224 g/mol. The van der Waals surface area contributed by atoms with Gasteiger partial charge in [-0.1, -0.05) is 17.7 Å². The Labute approximate surface area is 84.1 Å². The minimum Gasteiger partial charge on any atom is -0.396 e. The van der Waals surface area contributed by atoms with Gasteiger partial charge >= 0.3 is 0 Å². The van der Waals surface area contributed by atoms with Crippen LogP contribution in [0.3, 0.4) is 0 Å². The van der Waals surface area contributed by atoms with E-state index in [0.717, 1.165) is 6.07 Å². The van der Waals surface area contributed by atoms with Crippen LogP contribution in [0.4, 0.5) is 13.2 Å². The fraction of sp³-hybridized carbons (Fsp3) is 0.333. The van der Waals surface area contributed by atoms with E-state index < -0.39 is 30.3 Å². The van der Waals surface area contributed by atoms with Crippen LogP contribution in [0.25, 0.3) is 0 Å². The molecular weight excluding hydrogens is 217 g/mol. The quantitative estimate of drug-likeness (QED) is 0.837. The molecule has 1 aromatic carbocycles. The molecule has 0 aliphatic rings. The van der Waals surface area contributed by atoms with Crippen LogP contribution < -0.4 is 0 Å². The maximum absolute atomic E-state index is 13.2. The summed E-state index contributed by atoms with van der Waals surface area (Å²) in [6.07, 6.45) is -0.840. The van der Waals surface area contributed by atoms with Gasteiger partial charge in [-0.05, 0) is 12.1 Å². The first-order valence-electron chi connectivity index (χ1n) is 3.92. The van der Waals surface area contributed by atoms with Gasteiger partial charge in [0.15, 0.2) is 0 Å². The number of benzene rings is 1. The highest BCUT2D eigenvalue weighted by Gasteiger charge is 2.35. The van der Waals surface area contributed by atoms with Gasteiger partial charge in [0.2, 0.25) is 0 Å². The van der Waals surface area contributed by atoms with E-state index in [0.29, 0.717) is 0 Å². The molecule has 0 amide bonds. The highest BCUT2D eigenvalue weighted by molar-refractivity contribution is 6.31. The van der Waals surface area contributed by atoms with E-state index in [9.17, 15) is 13.2 Å². The van der Waals surface area contributed by atoms with Gasteiger partial charge in [-0.3, -0.25) is 0 Å². The molecule has 0 atom stereocenters. The molecule has 5 heteroatoms. The van der Waals surface area contributed by atoms with Crippen molar-refractivity contribution in [2.45, 2.75) is 12.3 Å². The van der Waals surface area contributed by atoms with Crippen molar-refractivity contribution in [3.8, 4) is 0 Å². The molecule has 78 valence electrons. The van der Waals surface area contributed by atoms with Crippen LogP contribution in [0.2, 0.25) is 5.02 Å². The Kier molecular flexibility index (Phi) is 3.39. The molecule has 0 aliphatic carbocycles. The predicted molar refractivity (Wildman–Crippen MR) is 47.0 cm³/mol. The molecule has 1 nitrogen and oxygen atoms in total. The Bertz CT molecular complexity index is 308. The van der Waals surface area contributed by atoms with E-state index in [-0.39, 0.29) is 5.02 Å². The molecule has 0 saturated heterocycles. The Morgan fingerprint density at radius 1 is 1.36 bits per heavy atom. The van der Waals surface area contributed by atoms with Crippen molar-refractivity contribution in [3.05, 3.63) is 34.6 Å². The normalized spacial score (nSPS) is 11.8. The molecule has 0 aromatic heterocycles. The Morgan fingerprint density at radius 3 is 2.50 bits per heavy atom. The third-order valence-corrected chi connectivity index (χ3v) is 2.07. The summed E-state index contributed by atoms with van der Waals surface area (Å²) in [6.45, 7) is -0.725. The molecule has 0 fully saturated rings. The number of halogens is 4. The maximum Gasteiger partial charge on any atom is 0.279 e. The third kappa shape index (κ3) is 2.19. The summed E-state index contributed by atoms with van der Waals surface area (Å²) in [5.74, 6) is -4.49. The topological polar surface area (TPSA) is 20.2 Å². The first-order chi connectivity index (χ1) is 6.49. The van der Waals surface area contributed by atoms with E-state index in [1.807, 2.05) is 0 Å². The molecule has 0 aliphatic heterocycles. The highest BCUT2D eigenvalue weighted by atomic mass is 35.5.